The number of rotatable bonds is 6. The number of benzene rings is 3. The minimum absolute atomic E-state index is 0.0549. The van der Waals surface area contributed by atoms with Gasteiger partial charge in [0.25, 0.3) is 0 Å². The third-order valence-corrected chi connectivity index (χ3v) is 7.81. The fourth-order valence-corrected chi connectivity index (χ4v) is 5.51. The molecule has 0 saturated carbocycles. The molecular weight excluding hydrogens is 474 g/mol. The molecule has 2 N–H and O–H groups in total. The van der Waals surface area contributed by atoms with E-state index in [4.69, 9.17) is 10.5 Å². The zero-order chi connectivity index (χ0) is 25.4. The van der Waals surface area contributed by atoms with Crippen LogP contribution >= 0.6 is 0 Å². The van der Waals surface area contributed by atoms with Crippen molar-refractivity contribution in [3.8, 4) is 5.75 Å². The quantitative estimate of drug-likeness (QED) is 0.333. The molecule has 0 atom stereocenters. The van der Waals surface area contributed by atoms with Crippen molar-refractivity contribution in [3.63, 3.8) is 0 Å². The minimum atomic E-state index is -4.02. The highest BCUT2D eigenvalue weighted by atomic mass is 32.2. The van der Waals surface area contributed by atoms with Crippen LogP contribution in [0.1, 0.15) is 23.6 Å². The molecule has 3 aromatic carbocycles. The standard InChI is InChI=1S/C27H25N5O3S/c1-4-35-20-12-10-19(11-13-20)16-29-32-26(28)25(36(33,34)21-14-9-17(2)18(3)15-21)24-27(32)31-23-8-6-5-7-22(23)30-24/h5-16H,4,28H2,1-3H3/b29-16-. The van der Waals surface area contributed by atoms with E-state index in [0.717, 1.165) is 22.4 Å². The van der Waals surface area contributed by atoms with E-state index in [0.29, 0.717) is 17.6 Å². The molecule has 36 heavy (non-hydrogen) atoms. The predicted octanol–water partition coefficient (Wildman–Crippen LogP) is 4.90. The van der Waals surface area contributed by atoms with Crippen LogP contribution in [0, 0.1) is 13.8 Å². The van der Waals surface area contributed by atoms with Gasteiger partial charge in [0.05, 0.1) is 28.8 Å². The van der Waals surface area contributed by atoms with Gasteiger partial charge >= 0.3 is 0 Å². The van der Waals surface area contributed by atoms with E-state index in [9.17, 15) is 8.42 Å². The number of sulfone groups is 1. The maximum absolute atomic E-state index is 13.8. The normalized spacial score (nSPS) is 12.1. The van der Waals surface area contributed by atoms with Gasteiger partial charge in [-0.3, -0.25) is 0 Å². The van der Waals surface area contributed by atoms with Gasteiger partial charge in [0, 0.05) is 0 Å². The number of aryl methyl sites for hydroxylation is 2. The molecule has 0 unspecified atom stereocenters. The number of para-hydroxylation sites is 2. The molecule has 8 nitrogen and oxygen atoms in total. The van der Waals surface area contributed by atoms with E-state index in [2.05, 4.69) is 15.1 Å². The van der Waals surface area contributed by atoms with Crippen LogP contribution < -0.4 is 10.5 Å². The van der Waals surface area contributed by atoms with Gasteiger partial charge in [-0.15, -0.1) is 0 Å². The van der Waals surface area contributed by atoms with Gasteiger partial charge in [-0.25, -0.2) is 18.4 Å². The van der Waals surface area contributed by atoms with Crippen LogP contribution in [-0.4, -0.2) is 35.9 Å². The van der Waals surface area contributed by atoms with Gasteiger partial charge in [-0.1, -0.05) is 18.2 Å². The molecule has 182 valence electrons. The Kier molecular flexibility index (Phi) is 5.93. The molecule has 0 aliphatic rings. The van der Waals surface area contributed by atoms with E-state index in [1.807, 2.05) is 63.2 Å². The molecule has 0 bridgehead atoms. The summed E-state index contributed by atoms with van der Waals surface area (Å²) in [6, 6.07) is 19.6. The number of nitrogens with two attached hydrogens (primary N) is 1. The highest BCUT2D eigenvalue weighted by Crippen LogP contribution is 2.35. The Labute approximate surface area is 209 Å². The number of fused-ring (bicyclic) bond motifs is 2. The summed E-state index contributed by atoms with van der Waals surface area (Å²) in [5, 5.41) is 4.51. The Bertz CT molecular complexity index is 1740. The number of aromatic nitrogens is 3. The van der Waals surface area contributed by atoms with Crippen LogP contribution in [0.25, 0.3) is 22.2 Å². The highest BCUT2D eigenvalue weighted by Gasteiger charge is 2.30. The molecule has 0 aliphatic heterocycles. The third-order valence-electron chi connectivity index (χ3n) is 6.00. The summed E-state index contributed by atoms with van der Waals surface area (Å²) in [5.74, 6) is 0.695. The van der Waals surface area contributed by atoms with Crippen LogP contribution in [0.2, 0.25) is 0 Å². The zero-order valence-electron chi connectivity index (χ0n) is 20.1. The van der Waals surface area contributed by atoms with Crippen molar-refractivity contribution in [1.82, 2.24) is 14.6 Å². The molecule has 2 heterocycles. The predicted molar refractivity (Wildman–Crippen MR) is 141 cm³/mol. The summed E-state index contributed by atoms with van der Waals surface area (Å²) >= 11 is 0. The van der Waals surface area contributed by atoms with Crippen LogP contribution in [0.15, 0.2) is 81.6 Å². The monoisotopic (exact) mass is 499 g/mol. The first-order valence-corrected chi connectivity index (χ1v) is 12.9. The molecule has 0 spiro atoms. The van der Waals surface area contributed by atoms with Crippen LogP contribution in [0.4, 0.5) is 5.82 Å². The van der Waals surface area contributed by atoms with Crippen molar-refractivity contribution in [3.05, 3.63) is 83.4 Å². The molecule has 0 aliphatic carbocycles. The third kappa shape index (κ3) is 4.07. The minimum Gasteiger partial charge on any atom is -0.494 e. The van der Waals surface area contributed by atoms with Gasteiger partial charge in [0.15, 0.2) is 5.65 Å². The molecule has 0 fully saturated rings. The Morgan fingerprint density at radius 1 is 0.972 bits per heavy atom. The Hall–Kier alpha value is -4.24. The summed E-state index contributed by atoms with van der Waals surface area (Å²) in [5.41, 5.74) is 10.7. The zero-order valence-corrected chi connectivity index (χ0v) is 21.0. The molecule has 0 saturated heterocycles. The maximum Gasteiger partial charge on any atom is 0.212 e. The van der Waals surface area contributed by atoms with Gasteiger partial charge in [0.1, 0.15) is 22.0 Å². The van der Waals surface area contributed by atoms with Crippen molar-refractivity contribution in [1.29, 1.82) is 0 Å². The van der Waals surface area contributed by atoms with E-state index in [1.165, 1.54) is 4.68 Å². The van der Waals surface area contributed by atoms with Crippen LogP contribution in [-0.2, 0) is 9.84 Å². The lowest BCUT2D eigenvalue weighted by atomic mass is 10.1. The van der Waals surface area contributed by atoms with Gasteiger partial charge < -0.3 is 10.5 Å². The lowest BCUT2D eigenvalue weighted by Crippen LogP contribution is -2.07. The summed E-state index contributed by atoms with van der Waals surface area (Å²) in [4.78, 5) is 9.35. The summed E-state index contributed by atoms with van der Waals surface area (Å²) < 4.78 is 34.5. The molecule has 9 heteroatoms. The number of anilines is 1. The van der Waals surface area contributed by atoms with E-state index in [1.54, 1.807) is 30.5 Å². The Balaban J connectivity index is 1.72. The second-order valence-corrected chi connectivity index (χ2v) is 10.3. The smallest absolute Gasteiger partial charge is 0.212 e. The number of nitrogen functional groups attached to an aromatic ring is 1. The highest BCUT2D eigenvalue weighted by molar-refractivity contribution is 7.92. The average Bonchev–Trinajstić information content (AvgIpc) is 3.14. The van der Waals surface area contributed by atoms with Crippen molar-refractivity contribution in [2.24, 2.45) is 5.10 Å². The molecule has 5 rings (SSSR count). The molecular formula is C27H25N5O3S. The first-order chi connectivity index (χ1) is 17.3. The van der Waals surface area contributed by atoms with Crippen LogP contribution in [0.5, 0.6) is 5.75 Å². The van der Waals surface area contributed by atoms with E-state index < -0.39 is 9.84 Å². The Morgan fingerprint density at radius 2 is 1.67 bits per heavy atom. The lowest BCUT2D eigenvalue weighted by molar-refractivity contribution is 0.340. The van der Waals surface area contributed by atoms with Crippen molar-refractivity contribution in [2.75, 3.05) is 12.3 Å². The van der Waals surface area contributed by atoms with E-state index >= 15 is 0 Å². The fraction of sp³-hybridized carbons (Fsp3) is 0.148. The molecule has 2 aromatic heterocycles. The van der Waals surface area contributed by atoms with Crippen LogP contribution in [0.3, 0.4) is 0 Å². The summed E-state index contributed by atoms with van der Waals surface area (Å²) in [7, 11) is -4.02. The largest absolute Gasteiger partial charge is 0.494 e. The number of hydrogen-bond donors (Lipinski definition) is 1. The van der Waals surface area contributed by atoms with Crippen molar-refractivity contribution in [2.45, 2.75) is 30.6 Å². The summed E-state index contributed by atoms with van der Waals surface area (Å²) in [6.07, 6.45) is 1.59. The Morgan fingerprint density at radius 3 is 2.33 bits per heavy atom. The van der Waals surface area contributed by atoms with Gasteiger partial charge in [-0.05, 0) is 86.0 Å². The van der Waals surface area contributed by atoms with E-state index in [-0.39, 0.29) is 26.8 Å². The average molecular weight is 500 g/mol. The molecule has 5 aromatic rings. The second-order valence-electron chi connectivity index (χ2n) is 8.41. The van der Waals surface area contributed by atoms with Gasteiger partial charge in [0.2, 0.25) is 9.84 Å². The van der Waals surface area contributed by atoms with Gasteiger partial charge in [-0.2, -0.15) is 9.78 Å². The lowest BCUT2D eigenvalue weighted by Gasteiger charge is -2.07. The molecule has 0 amide bonds. The number of ether oxygens (including phenoxy) is 1. The SMILES string of the molecule is CCOc1ccc(/C=N\n2c(N)c(S(=O)(=O)c3ccc(C)c(C)c3)c3nc4ccccc4nc32)cc1. The first kappa shape index (κ1) is 23.5. The number of nitrogens with zero attached hydrogens (tertiary/aromatic N) is 4. The van der Waals surface area contributed by atoms with Crippen molar-refractivity contribution >= 4 is 44.1 Å². The molecule has 0 radical (unpaired) electrons. The second kappa shape index (κ2) is 9.09. The topological polar surface area (TPSA) is 112 Å². The summed E-state index contributed by atoms with van der Waals surface area (Å²) in [6.45, 7) is 6.29. The maximum atomic E-state index is 13.8. The van der Waals surface area contributed by atoms with Crippen molar-refractivity contribution < 1.29 is 13.2 Å². The number of hydrogen-bond acceptors (Lipinski definition) is 7. The first-order valence-electron chi connectivity index (χ1n) is 11.5. The fourth-order valence-electron chi connectivity index (χ4n) is 3.94.